The number of hydrogen-bond acceptors (Lipinski definition) is 5. The third-order valence-electron chi connectivity index (χ3n) is 6.70. The first-order valence-electron chi connectivity index (χ1n) is 11.5. The van der Waals surface area contributed by atoms with Gasteiger partial charge in [-0.05, 0) is 80.2 Å². The van der Waals surface area contributed by atoms with Gasteiger partial charge in [-0.15, -0.1) is 0 Å². The first-order valence-corrected chi connectivity index (χ1v) is 12.3. The van der Waals surface area contributed by atoms with Crippen molar-refractivity contribution in [1.29, 1.82) is 0 Å². The van der Waals surface area contributed by atoms with Crippen molar-refractivity contribution < 1.29 is 14.6 Å². The number of aromatic nitrogens is 2. The van der Waals surface area contributed by atoms with Crippen LogP contribution in [-0.2, 0) is 0 Å². The number of anilines is 1. The van der Waals surface area contributed by atoms with Gasteiger partial charge in [0.05, 0.1) is 23.5 Å². The second-order valence-corrected chi connectivity index (χ2v) is 9.65. The van der Waals surface area contributed by atoms with E-state index >= 15 is 0 Å². The van der Waals surface area contributed by atoms with Gasteiger partial charge in [0.2, 0.25) is 6.79 Å². The molecule has 9 heteroatoms. The first kappa shape index (κ1) is 22.7. The van der Waals surface area contributed by atoms with E-state index in [0.29, 0.717) is 27.3 Å². The molecule has 2 aromatic carbocycles. The number of rotatable bonds is 4. The molecule has 0 unspecified atom stereocenters. The van der Waals surface area contributed by atoms with Crippen LogP contribution >= 0.6 is 23.8 Å². The highest BCUT2D eigenvalue weighted by atomic mass is 35.5. The van der Waals surface area contributed by atoms with E-state index in [2.05, 4.69) is 21.3 Å². The minimum atomic E-state index is -0.214. The van der Waals surface area contributed by atoms with Crippen LogP contribution in [0, 0.1) is 13.8 Å². The minimum Gasteiger partial charge on any atom is -0.506 e. The zero-order chi connectivity index (χ0) is 25.0. The van der Waals surface area contributed by atoms with Gasteiger partial charge in [0, 0.05) is 34.4 Å². The number of aryl methyl sites for hydroxylation is 1. The monoisotopic (exact) mass is 518 g/mol. The number of hydrogen-bond donors (Lipinski definition) is 2. The van der Waals surface area contributed by atoms with Crippen LogP contribution in [0.15, 0.2) is 66.9 Å². The van der Waals surface area contributed by atoms with Crippen LogP contribution < -0.4 is 19.7 Å². The molecule has 0 bridgehead atoms. The molecule has 4 aromatic rings. The Bertz CT molecular complexity index is 1490. The van der Waals surface area contributed by atoms with Crippen molar-refractivity contribution in [3.05, 3.63) is 94.5 Å². The molecule has 4 heterocycles. The Morgan fingerprint density at radius 1 is 1.06 bits per heavy atom. The Hall–Kier alpha value is -3.75. The van der Waals surface area contributed by atoms with E-state index in [4.69, 9.17) is 33.3 Å². The van der Waals surface area contributed by atoms with Gasteiger partial charge in [0.25, 0.3) is 0 Å². The summed E-state index contributed by atoms with van der Waals surface area (Å²) in [6.07, 6.45) is 1.79. The van der Waals surface area contributed by atoms with Crippen LogP contribution in [0.5, 0.6) is 17.2 Å². The molecule has 0 amide bonds. The van der Waals surface area contributed by atoms with Crippen LogP contribution in [0.25, 0.3) is 5.69 Å². The van der Waals surface area contributed by atoms with Crippen LogP contribution in [0.2, 0.25) is 5.02 Å². The maximum atomic E-state index is 10.6. The molecule has 2 atom stereocenters. The SMILES string of the molecule is Cc1cc([C@@H]2[C@@H](c3ccccn3)NC(=S)N2c2ccc3c(c2)OCO3)c(C)n1-c1cc(Cl)ccc1O. The predicted octanol–water partition coefficient (Wildman–Crippen LogP) is 5.75. The van der Waals surface area contributed by atoms with Crippen LogP contribution in [-0.4, -0.2) is 26.6 Å². The fourth-order valence-corrected chi connectivity index (χ4v) is 5.63. The standard InChI is InChI=1S/C27H23ClN4O3S/c1-15-11-19(16(2)31(15)21-12-17(28)6-8-22(21)33)26-25(20-5-3-4-10-29-20)30-27(36)32(26)18-7-9-23-24(13-18)35-14-34-23/h3-13,25-26,33H,14H2,1-2H3,(H,30,36)/t25-,26-/m1/s1. The summed E-state index contributed by atoms with van der Waals surface area (Å²) in [7, 11) is 0. The molecule has 0 saturated carbocycles. The fraction of sp³-hybridized carbons (Fsp3) is 0.185. The molecule has 36 heavy (non-hydrogen) atoms. The highest BCUT2D eigenvalue weighted by Crippen LogP contribution is 2.46. The second kappa shape index (κ2) is 8.72. The summed E-state index contributed by atoms with van der Waals surface area (Å²) < 4.78 is 13.2. The molecular formula is C27H23ClN4O3S. The van der Waals surface area contributed by atoms with Crippen molar-refractivity contribution in [2.75, 3.05) is 11.7 Å². The normalized spacial score (nSPS) is 18.5. The van der Waals surface area contributed by atoms with Gasteiger partial charge in [-0.25, -0.2) is 0 Å². The van der Waals surface area contributed by atoms with E-state index in [9.17, 15) is 5.11 Å². The average Bonchev–Trinajstić information content (AvgIpc) is 3.56. The Kier molecular flexibility index (Phi) is 5.50. The predicted molar refractivity (Wildman–Crippen MR) is 142 cm³/mol. The van der Waals surface area contributed by atoms with Crippen molar-refractivity contribution in [2.24, 2.45) is 0 Å². The second-order valence-electron chi connectivity index (χ2n) is 8.83. The molecule has 2 aromatic heterocycles. The van der Waals surface area contributed by atoms with Gasteiger partial charge < -0.3 is 29.4 Å². The highest BCUT2D eigenvalue weighted by Gasteiger charge is 2.42. The van der Waals surface area contributed by atoms with Crippen LogP contribution in [0.1, 0.15) is 34.7 Å². The quantitative estimate of drug-likeness (QED) is 0.333. The number of aromatic hydroxyl groups is 1. The van der Waals surface area contributed by atoms with Crippen molar-refractivity contribution in [2.45, 2.75) is 25.9 Å². The van der Waals surface area contributed by atoms with Gasteiger partial charge in [0.15, 0.2) is 16.6 Å². The molecule has 2 aliphatic heterocycles. The van der Waals surface area contributed by atoms with Gasteiger partial charge in [0.1, 0.15) is 5.75 Å². The molecule has 1 fully saturated rings. The number of phenols is 1. The number of fused-ring (bicyclic) bond motifs is 1. The van der Waals surface area contributed by atoms with E-state index in [-0.39, 0.29) is 24.6 Å². The fourth-order valence-electron chi connectivity index (χ4n) is 5.12. The van der Waals surface area contributed by atoms with E-state index in [0.717, 1.165) is 28.3 Å². The Labute approximate surface area is 218 Å². The Balaban J connectivity index is 1.53. The van der Waals surface area contributed by atoms with Crippen molar-refractivity contribution >= 4 is 34.6 Å². The average molecular weight is 519 g/mol. The molecular weight excluding hydrogens is 496 g/mol. The van der Waals surface area contributed by atoms with E-state index < -0.39 is 0 Å². The number of nitrogens with zero attached hydrogens (tertiary/aromatic N) is 3. The largest absolute Gasteiger partial charge is 0.506 e. The molecule has 0 spiro atoms. The number of ether oxygens (including phenoxy) is 2. The third kappa shape index (κ3) is 3.65. The van der Waals surface area contributed by atoms with Crippen molar-refractivity contribution in [3.63, 3.8) is 0 Å². The molecule has 0 radical (unpaired) electrons. The van der Waals surface area contributed by atoms with Crippen molar-refractivity contribution in [3.8, 4) is 22.9 Å². The van der Waals surface area contributed by atoms with Crippen LogP contribution in [0.4, 0.5) is 5.69 Å². The molecule has 182 valence electrons. The molecule has 1 saturated heterocycles. The zero-order valence-corrected chi connectivity index (χ0v) is 21.2. The van der Waals surface area contributed by atoms with E-state index in [1.165, 1.54) is 0 Å². The number of thiocarbonyl (C=S) groups is 1. The summed E-state index contributed by atoms with van der Waals surface area (Å²) in [4.78, 5) is 6.74. The smallest absolute Gasteiger partial charge is 0.231 e. The van der Waals surface area contributed by atoms with Gasteiger partial charge in [-0.2, -0.15) is 0 Å². The lowest BCUT2D eigenvalue weighted by atomic mass is 9.96. The summed E-state index contributed by atoms with van der Waals surface area (Å²) in [5.41, 5.74) is 5.37. The number of benzene rings is 2. The van der Waals surface area contributed by atoms with Crippen molar-refractivity contribution in [1.82, 2.24) is 14.9 Å². The zero-order valence-electron chi connectivity index (χ0n) is 19.6. The number of halogens is 1. The summed E-state index contributed by atoms with van der Waals surface area (Å²) in [5.74, 6) is 1.55. The number of phenolic OH excluding ortho intramolecular Hbond substituents is 1. The molecule has 7 nitrogen and oxygen atoms in total. The van der Waals surface area contributed by atoms with Gasteiger partial charge in [-0.1, -0.05) is 17.7 Å². The topological polar surface area (TPSA) is 71.8 Å². The summed E-state index contributed by atoms with van der Waals surface area (Å²) in [6.45, 7) is 4.25. The summed E-state index contributed by atoms with van der Waals surface area (Å²) in [6, 6.07) is 18.5. The van der Waals surface area contributed by atoms with E-state index in [1.807, 2.05) is 54.8 Å². The lowest BCUT2D eigenvalue weighted by molar-refractivity contribution is 0.174. The molecule has 6 rings (SSSR count). The lowest BCUT2D eigenvalue weighted by Crippen LogP contribution is -2.29. The van der Waals surface area contributed by atoms with Gasteiger partial charge >= 0.3 is 0 Å². The Morgan fingerprint density at radius 3 is 2.69 bits per heavy atom. The highest BCUT2D eigenvalue weighted by molar-refractivity contribution is 7.80. The van der Waals surface area contributed by atoms with Gasteiger partial charge in [-0.3, -0.25) is 4.98 Å². The van der Waals surface area contributed by atoms with E-state index in [1.54, 1.807) is 24.4 Å². The van der Waals surface area contributed by atoms with Crippen LogP contribution in [0.3, 0.4) is 0 Å². The first-order chi connectivity index (χ1) is 17.4. The Morgan fingerprint density at radius 2 is 1.89 bits per heavy atom. The molecule has 2 aliphatic rings. The number of pyridine rings is 1. The molecule has 2 N–H and O–H groups in total. The summed E-state index contributed by atoms with van der Waals surface area (Å²) >= 11 is 12.2. The lowest BCUT2D eigenvalue weighted by Gasteiger charge is -2.28. The maximum Gasteiger partial charge on any atom is 0.231 e. The number of nitrogens with one attached hydrogen (secondary N) is 1. The molecule has 0 aliphatic carbocycles. The minimum absolute atomic E-state index is 0.154. The maximum absolute atomic E-state index is 10.6. The third-order valence-corrected chi connectivity index (χ3v) is 7.25. The summed E-state index contributed by atoms with van der Waals surface area (Å²) in [5, 5.41) is 15.3.